The van der Waals surface area contributed by atoms with E-state index in [9.17, 15) is 23.3 Å². The SMILES string of the molecule is COC1(C)CCC([C@H]2COc3cc(S(=O)(=O)NC(=O)c4ccc(N5CC6(CC(N7CCC[C@H]7c7ccccc7C(C)C)C6)C5)cc4N4c5cc6cc[nH]c6nc5O[C@@H]5COC[C@H]54)cc([N+](=O)[O-])c3N2)CC1. The van der Waals surface area contributed by atoms with Crippen LogP contribution in [0.15, 0.2) is 77.8 Å². The number of nitro benzene ring substituents is 1. The minimum atomic E-state index is -4.69. The number of fused-ring (bicyclic) bond motifs is 4. The van der Waals surface area contributed by atoms with E-state index < -0.39 is 37.5 Å². The van der Waals surface area contributed by atoms with Crippen molar-refractivity contribution < 1.29 is 37.1 Å². The molecule has 3 saturated heterocycles. The number of aromatic nitrogens is 2. The van der Waals surface area contributed by atoms with Gasteiger partial charge in [-0.25, -0.2) is 13.1 Å². The molecule has 2 saturated carbocycles. The number of hydrogen-bond acceptors (Lipinski definition) is 14. The molecule has 2 aliphatic carbocycles. The van der Waals surface area contributed by atoms with Crippen LogP contribution in [0.1, 0.15) is 106 Å². The molecule has 5 aliphatic heterocycles. The predicted octanol–water partition coefficient (Wildman–Crippen LogP) is 8.59. The Labute approximate surface area is 413 Å². The number of anilines is 4. The van der Waals surface area contributed by atoms with Gasteiger partial charge in [-0.2, -0.15) is 4.98 Å². The van der Waals surface area contributed by atoms with E-state index in [0.29, 0.717) is 54.1 Å². The van der Waals surface area contributed by atoms with Crippen molar-refractivity contribution in [3.63, 3.8) is 0 Å². The lowest BCUT2D eigenvalue weighted by Gasteiger charge is -2.62. The summed E-state index contributed by atoms with van der Waals surface area (Å²) in [5.41, 5.74) is 5.30. The zero-order valence-electron chi connectivity index (χ0n) is 40.7. The maximum atomic E-state index is 14.7. The topological polar surface area (TPSA) is 194 Å². The average molecular weight is 987 g/mol. The molecule has 7 aliphatic rings. The number of carbonyl (C=O) groups excluding carboxylic acids is 1. The molecule has 5 fully saturated rings. The first-order chi connectivity index (χ1) is 34.2. The second-order valence-corrected chi connectivity index (χ2v) is 23.4. The van der Waals surface area contributed by atoms with Crippen molar-refractivity contribution in [1.29, 1.82) is 0 Å². The van der Waals surface area contributed by atoms with Crippen LogP contribution in [0.5, 0.6) is 11.6 Å². The molecular weight excluding hydrogens is 925 g/mol. The zero-order valence-corrected chi connectivity index (χ0v) is 41.5. The minimum absolute atomic E-state index is 0.0356. The Morgan fingerprint density at radius 1 is 1.00 bits per heavy atom. The summed E-state index contributed by atoms with van der Waals surface area (Å²) in [6.07, 6.45) is 9.41. The number of pyridine rings is 1. The van der Waals surface area contributed by atoms with Crippen LogP contribution < -0.4 is 29.3 Å². The Kier molecular flexibility index (Phi) is 11.3. The molecule has 0 unspecified atom stereocenters. The van der Waals surface area contributed by atoms with Gasteiger partial charge in [0.15, 0.2) is 11.4 Å². The summed E-state index contributed by atoms with van der Waals surface area (Å²) in [5.74, 6) is 0.158. The van der Waals surface area contributed by atoms with E-state index in [1.54, 1.807) is 19.4 Å². The van der Waals surface area contributed by atoms with Crippen molar-refractivity contribution in [3.05, 3.63) is 99.7 Å². The van der Waals surface area contributed by atoms with Crippen LogP contribution in [-0.4, -0.2) is 111 Å². The Morgan fingerprint density at radius 2 is 1.80 bits per heavy atom. The van der Waals surface area contributed by atoms with Crippen molar-refractivity contribution in [2.24, 2.45) is 11.3 Å². The normalized spacial score (nSPS) is 27.0. The van der Waals surface area contributed by atoms with Crippen LogP contribution >= 0.6 is 0 Å². The average Bonchev–Trinajstić information content (AvgIpc) is 4.13. The summed E-state index contributed by atoms with van der Waals surface area (Å²) in [5, 5.41) is 16.8. The summed E-state index contributed by atoms with van der Waals surface area (Å²) < 4.78 is 55.2. The van der Waals surface area contributed by atoms with Crippen molar-refractivity contribution in [2.75, 3.05) is 61.7 Å². The summed E-state index contributed by atoms with van der Waals surface area (Å²) >= 11 is 0. The van der Waals surface area contributed by atoms with Gasteiger partial charge in [0.1, 0.15) is 24.0 Å². The Hall–Kier alpha value is -5.95. The van der Waals surface area contributed by atoms with Gasteiger partial charge < -0.3 is 39.0 Å². The van der Waals surface area contributed by atoms with Crippen LogP contribution in [0.3, 0.4) is 0 Å². The fourth-order valence-electron chi connectivity index (χ4n) is 13.0. The van der Waals surface area contributed by atoms with Gasteiger partial charge >= 0.3 is 0 Å². The summed E-state index contributed by atoms with van der Waals surface area (Å²) in [6.45, 7) is 10.3. The number of nitrogens with one attached hydrogen (secondary N) is 3. The van der Waals surface area contributed by atoms with Gasteiger partial charge in [0, 0.05) is 67.1 Å². The molecule has 0 bridgehead atoms. The molecule has 374 valence electrons. The van der Waals surface area contributed by atoms with Crippen LogP contribution in [-0.2, 0) is 19.5 Å². The number of nitrogens with zero attached hydrogens (tertiary/aromatic N) is 5. The first-order valence-corrected chi connectivity index (χ1v) is 26.8. The number of aromatic amines is 1. The third-order valence-corrected chi connectivity index (χ3v) is 18.3. The first-order valence-electron chi connectivity index (χ1n) is 25.3. The van der Waals surface area contributed by atoms with Crippen LogP contribution in [0.4, 0.5) is 28.4 Å². The number of rotatable bonds is 11. The van der Waals surface area contributed by atoms with Gasteiger partial charge in [-0.3, -0.25) is 19.8 Å². The monoisotopic (exact) mass is 986 g/mol. The lowest BCUT2D eigenvalue weighted by molar-refractivity contribution is -0.384. The van der Waals surface area contributed by atoms with Gasteiger partial charge in [0.25, 0.3) is 21.6 Å². The number of hydrogen-bond donors (Lipinski definition) is 3. The number of H-pyrrole nitrogens is 1. The Bertz CT molecular complexity index is 3030. The number of ether oxygens (including phenoxy) is 4. The van der Waals surface area contributed by atoms with Crippen molar-refractivity contribution in [1.82, 2.24) is 19.6 Å². The highest BCUT2D eigenvalue weighted by molar-refractivity contribution is 7.90. The molecule has 12 rings (SSSR count). The number of methoxy groups -OCH3 is 1. The van der Waals surface area contributed by atoms with Gasteiger partial charge in [0.2, 0.25) is 5.88 Å². The predicted molar refractivity (Wildman–Crippen MR) is 269 cm³/mol. The zero-order chi connectivity index (χ0) is 49.0. The van der Waals surface area contributed by atoms with E-state index in [1.165, 1.54) is 30.0 Å². The third-order valence-electron chi connectivity index (χ3n) is 17.0. The molecule has 1 spiro atoms. The number of nitro groups is 1. The maximum absolute atomic E-state index is 14.7. The standard InChI is InChI=1S/C53H62N8O9S/c1-31(2)37-8-5-6-9-38(37)41-10-7-19-59(41)35-24-53(25-35)29-58(30-53)34-11-12-39(42(21-34)60-44-20-33-15-18-54-49(33)56-51(44)70-47-28-68-27-45(47)60)50(62)57-71(65,66)36-22-43(61(63)64)48-46(23-36)69-26-40(55-48)32-13-16-52(3,67-4)17-14-32/h5-6,8-9,11-12,15,18,20-23,31-32,35,40-41,45,47,55H,7,10,13-14,16-17,19,24-30H2,1-4H3,(H,54,56)(H,57,62)/t32?,40-,41+,45-,47-,52?/m1/s1. The van der Waals surface area contributed by atoms with Gasteiger partial charge in [-0.05, 0) is 118 Å². The summed E-state index contributed by atoms with van der Waals surface area (Å²) in [6, 6.07) is 21.0. The van der Waals surface area contributed by atoms with E-state index in [1.807, 2.05) is 29.2 Å². The fraction of sp³-hybridized carbons (Fsp3) is 0.509. The Balaban J connectivity index is 0.828. The van der Waals surface area contributed by atoms with Crippen molar-refractivity contribution >= 4 is 55.4 Å². The van der Waals surface area contributed by atoms with E-state index in [0.717, 1.165) is 75.3 Å². The number of carbonyl (C=O) groups is 1. The minimum Gasteiger partial charge on any atom is -0.489 e. The maximum Gasteiger partial charge on any atom is 0.297 e. The van der Waals surface area contributed by atoms with E-state index in [2.05, 4.69) is 69.9 Å². The van der Waals surface area contributed by atoms with E-state index in [4.69, 9.17) is 23.9 Å². The molecule has 3 N–H and O–H groups in total. The quantitative estimate of drug-likeness (QED) is 0.0841. The van der Waals surface area contributed by atoms with Gasteiger partial charge in [-0.15, -0.1) is 0 Å². The van der Waals surface area contributed by atoms with Crippen molar-refractivity contribution in [3.8, 4) is 11.6 Å². The molecule has 4 atom stereocenters. The lowest BCUT2D eigenvalue weighted by atomic mass is 9.60. The summed E-state index contributed by atoms with van der Waals surface area (Å²) in [4.78, 5) is 41.4. The molecular formula is C53H62N8O9S. The number of benzene rings is 3. The lowest BCUT2D eigenvalue weighted by Crippen LogP contribution is -2.66. The smallest absolute Gasteiger partial charge is 0.297 e. The molecule has 0 radical (unpaired) electrons. The van der Waals surface area contributed by atoms with Crippen LogP contribution in [0, 0.1) is 21.4 Å². The van der Waals surface area contributed by atoms with E-state index in [-0.39, 0.29) is 52.6 Å². The molecule has 17 nitrogen and oxygen atoms in total. The fourth-order valence-corrected chi connectivity index (χ4v) is 14.0. The van der Waals surface area contributed by atoms with Crippen molar-refractivity contribution in [2.45, 2.75) is 119 Å². The molecule has 3 aromatic carbocycles. The molecule has 7 heterocycles. The number of sulfonamides is 1. The first kappa shape index (κ1) is 46.1. The molecule has 5 aromatic rings. The highest BCUT2D eigenvalue weighted by Gasteiger charge is 2.55. The third kappa shape index (κ3) is 8.05. The number of likely N-dealkylation sites (tertiary alicyclic amines) is 1. The molecule has 71 heavy (non-hydrogen) atoms. The number of amides is 1. The van der Waals surface area contributed by atoms with Crippen LogP contribution in [0.2, 0.25) is 0 Å². The van der Waals surface area contributed by atoms with Gasteiger partial charge in [-0.1, -0.05) is 38.1 Å². The second-order valence-electron chi connectivity index (χ2n) is 21.7. The molecule has 1 amide bonds. The molecule has 2 aromatic heterocycles. The Morgan fingerprint density at radius 3 is 2.58 bits per heavy atom. The molecule has 18 heteroatoms. The highest BCUT2D eigenvalue weighted by atomic mass is 32.2. The van der Waals surface area contributed by atoms with E-state index >= 15 is 0 Å². The van der Waals surface area contributed by atoms with Crippen LogP contribution in [0.25, 0.3) is 11.0 Å². The highest BCUT2D eigenvalue weighted by Crippen LogP contribution is 2.55. The summed E-state index contributed by atoms with van der Waals surface area (Å²) in [7, 11) is -2.97. The van der Waals surface area contributed by atoms with Gasteiger partial charge in [0.05, 0.1) is 52.0 Å². The largest absolute Gasteiger partial charge is 0.489 e. The second kappa shape index (κ2) is 17.4.